The molecule has 0 atom stereocenters. The number of rotatable bonds is 8. The van der Waals surface area contributed by atoms with Gasteiger partial charge in [0.1, 0.15) is 11.5 Å². The minimum atomic E-state index is -0.285. The zero-order valence-electron chi connectivity index (χ0n) is 14.7. The lowest BCUT2D eigenvalue weighted by Crippen LogP contribution is -2.25. The summed E-state index contributed by atoms with van der Waals surface area (Å²) in [6.07, 6.45) is 1.57. The van der Waals surface area contributed by atoms with Crippen molar-refractivity contribution in [1.29, 1.82) is 0 Å². The number of hydrogen-bond donors (Lipinski definition) is 2. The fraction of sp³-hybridized carbons (Fsp3) is 0.211. The first-order chi connectivity index (χ1) is 13.1. The molecule has 8 heteroatoms. The molecule has 0 radical (unpaired) electrons. The van der Waals surface area contributed by atoms with E-state index in [-0.39, 0.29) is 17.9 Å². The van der Waals surface area contributed by atoms with Crippen LogP contribution in [0, 0.1) is 0 Å². The highest BCUT2D eigenvalue weighted by atomic mass is 32.2. The molecule has 0 fully saturated rings. The van der Waals surface area contributed by atoms with E-state index in [1.165, 1.54) is 17.8 Å². The summed E-state index contributed by atoms with van der Waals surface area (Å²) in [5.74, 6) is 1.83. The molecule has 3 rings (SSSR count). The summed E-state index contributed by atoms with van der Waals surface area (Å²) in [4.78, 5) is 31.0. The summed E-state index contributed by atoms with van der Waals surface area (Å²) in [6.45, 7) is 0.298. The molecule has 2 heterocycles. The van der Waals surface area contributed by atoms with Crippen LogP contribution in [0.25, 0.3) is 0 Å². The number of nitrogens with zero attached hydrogens (tertiary/aromatic N) is 1. The van der Waals surface area contributed by atoms with Crippen molar-refractivity contribution < 1.29 is 13.9 Å². The molecule has 2 aromatic heterocycles. The standard InChI is InChI=1S/C19H19N3O4S/c1-25-15-5-2-4-13(8-15)12-27-19-21-14(10-18(24)22-19)9-17(23)20-11-16-6-3-7-26-16/h2-8,10H,9,11-12H2,1H3,(H,20,23)(H,21,22,24). The second-order valence-electron chi connectivity index (χ2n) is 5.71. The van der Waals surface area contributed by atoms with Crippen LogP contribution in [0.4, 0.5) is 0 Å². The topological polar surface area (TPSA) is 97.2 Å². The molecule has 1 aromatic carbocycles. The highest BCUT2D eigenvalue weighted by Crippen LogP contribution is 2.21. The number of aromatic nitrogens is 2. The molecule has 0 bridgehead atoms. The molecular formula is C19H19N3O4S. The van der Waals surface area contributed by atoms with E-state index in [0.717, 1.165) is 11.3 Å². The van der Waals surface area contributed by atoms with Crippen molar-refractivity contribution in [3.63, 3.8) is 0 Å². The average Bonchev–Trinajstić information content (AvgIpc) is 3.18. The quantitative estimate of drug-likeness (QED) is 0.457. The Labute approximate surface area is 160 Å². The number of thioether (sulfide) groups is 1. The number of carbonyl (C=O) groups is 1. The third kappa shape index (κ3) is 5.75. The van der Waals surface area contributed by atoms with Crippen LogP contribution in [0.3, 0.4) is 0 Å². The smallest absolute Gasteiger partial charge is 0.251 e. The Bertz CT molecular complexity index is 954. The Hall–Kier alpha value is -3.00. The van der Waals surface area contributed by atoms with Crippen molar-refractivity contribution in [3.05, 3.63) is 76.1 Å². The first-order valence-electron chi connectivity index (χ1n) is 8.27. The summed E-state index contributed by atoms with van der Waals surface area (Å²) in [7, 11) is 1.62. The molecule has 0 saturated carbocycles. The van der Waals surface area contributed by atoms with Crippen molar-refractivity contribution in [3.8, 4) is 5.75 Å². The van der Waals surface area contributed by atoms with E-state index in [0.29, 0.717) is 28.9 Å². The SMILES string of the molecule is COc1cccc(CSc2nc(CC(=O)NCc3ccco3)cc(=O)[nH]2)c1. The molecule has 0 aliphatic rings. The van der Waals surface area contributed by atoms with E-state index in [1.54, 1.807) is 25.5 Å². The molecule has 7 nitrogen and oxygen atoms in total. The van der Waals surface area contributed by atoms with Gasteiger partial charge in [-0.3, -0.25) is 9.59 Å². The minimum absolute atomic E-state index is 0.0251. The summed E-state index contributed by atoms with van der Waals surface area (Å²) in [6, 6.07) is 12.5. The number of amides is 1. The summed E-state index contributed by atoms with van der Waals surface area (Å²) in [5.41, 5.74) is 1.18. The largest absolute Gasteiger partial charge is 0.497 e. The first-order valence-corrected chi connectivity index (χ1v) is 9.26. The molecule has 0 aliphatic carbocycles. The van der Waals surface area contributed by atoms with Crippen LogP contribution < -0.4 is 15.6 Å². The van der Waals surface area contributed by atoms with Gasteiger partial charge in [0, 0.05) is 11.8 Å². The number of methoxy groups -OCH3 is 1. The van der Waals surface area contributed by atoms with Crippen LogP contribution in [-0.4, -0.2) is 23.0 Å². The predicted molar refractivity (Wildman–Crippen MR) is 102 cm³/mol. The second kappa shape index (κ2) is 9.09. The highest BCUT2D eigenvalue weighted by Gasteiger charge is 2.09. The predicted octanol–water partition coefficient (Wildman–Crippen LogP) is 2.52. The van der Waals surface area contributed by atoms with Crippen LogP contribution >= 0.6 is 11.8 Å². The lowest BCUT2D eigenvalue weighted by atomic mass is 10.2. The Morgan fingerprint density at radius 3 is 2.96 bits per heavy atom. The monoisotopic (exact) mass is 385 g/mol. The minimum Gasteiger partial charge on any atom is -0.497 e. The van der Waals surface area contributed by atoms with Gasteiger partial charge in [-0.25, -0.2) is 4.98 Å². The van der Waals surface area contributed by atoms with Gasteiger partial charge in [-0.2, -0.15) is 0 Å². The Morgan fingerprint density at radius 1 is 1.30 bits per heavy atom. The van der Waals surface area contributed by atoms with Crippen LogP contribution in [0.2, 0.25) is 0 Å². The van der Waals surface area contributed by atoms with Gasteiger partial charge < -0.3 is 19.5 Å². The molecule has 2 N–H and O–H groups in total. The van der Waals surface area contributed by atoms with Crippen molar-refractivity contribution >= 4 is 17.7 Å². The average molecular weight is 385 g/mol. The second-order valence-corrected chi connectivity index (χ2v) is 6.68. The fourth-order valence-corrected chi connectivity index (χ4v) is 3.22. The van der Waals surface area contributed by atoms with Crippen LogP contribution in [-0.2, 0) is 23.5 Å². The molecule has 0 saturated heterocycles. The molecule has 0 aliphatic heterocycles. The lowest BCUT2D eigenvalue weighted by Gasteiger charge is -2.06. The number of ether oxygens (including phenoxy) is 1. The molecule has 27 heavy (non-hydrogen) atoms. The highest BCUT2D eigenvalue weighted by molar-refractivity contribution is 7.98. The van der Waals surface area contributed by atoms with Crippen LogP contribution in [0.15, 0.2) is 63.1 Å². The van der Waals surface area contributed by atoms with Crippen LogP contribution in [0.1, 0.15) is 17.0 Å². The molecule has 0 spiro atoms. The van der Waals surface area contributed by atoms with Gasteiger partial charge in [-0.15, -0.1) is 0 Å². The van der Waals surface area contributed by atoms with E-state index in [4.69, 9.17) is 9.15 Å². The fourth-order valence-electron chi connectivity index (χ4n) is 2.38. The Kier molecular flexibility index (Phi) is 6.32. The van der Waals surface area contributed by atoms with Gasteiger partial charge in [-0.1, -0.05) is 23.9 Å². The maximum Gasteiger partial charge on any atom is 0.251 e. The van der Waals surface area contributed by atoms with Gasteiger partial charge in [-0.05, 0) is 29.8 Å². The van der Waals surface area contributed by atoms with E-state index in [2.05, 4.69) is 15.3 Å². The maximum absolute atomic E-state index is 12.1. The van der Waals surface area contributed by atoms with E-state index in [9.17, 15) is 9.59 Å². The zero-order chi connectivity index (χ0) is 19.1. The number of nitrogens with one attached hydrogen (secondary N) is 2. The molecule has 1 amide bonds. The lowest BCUT2D eigenvalue weighted by molar-refractivity contribution is -0.120. The van der Waals surface area contributed by atoms with E-state index < -0.39 is 0 Å². The van der Waals surface area contributed by atoms with Gasteiger partial charge in [0.15, 0.2) is 5.16 Å². The Morgan fingerprint density at radius 2 is 2.19 bits per heavy atom. The van der Waals surface area contributed by atoms with Crippen molar-refractivity contribution in [2.75, 3.05) is 7.11 Å². The summed E-state index contributed by atoms with van der Waals surface area (Å²) >= 11 is 1.39. The zero-order valence-corrected chi connectivity index (χ0v) is 15.5. The maximum atomic E-state index is 12.1. The molecule has 0 unspecified atom stereocenters. The van der Waals surface area contributed by atoms with E-state index in [1.807, 2.05) is 24.3 Å². The van der Waals surface area contributed by atoms with Crippen molar-refractivity contribution in [1.82, 2.24) is 15.3 Å². The summed E-state index contributed by atoms with van der Waals surface area (Å²) in [5, 5.41) is 3.21. The third-order valence-electron chi connectivity index (χ3n) is 3.66. The van der Waals surface area contributed by atoms with Gasteiger partial charge in [0.25, 0.3) is 5.56 Å². The number of hydrogen-bond acceptors (Lipinski definition) is 6. The van der Waals surface area contributed by atoms with Gasteiger partial charge in [0.2, 0.25) is 5.91 Å². The first kappa shape index (κ1) is 18.8. The number of carbonyl (C=O) groups excluding carboxylic acids is 1. The number of furan rings is 1. The number of aromatic amines is 1. The normalized spacial score (nSPS) is 10.6. The molecule has 3 aromatic rings. The van der Waals surface area contributed by atoms with E-state index >= 15 is 0 Å². The third-order valence-corrected chi connectivity index (χ3v) is 4.61. The number of benzene rings is 1. The van der Waals surface area contributed by atoms with Crippen molar-refractivity contribution in [2.45, 2.75) is 23.9 Å². The molecular weight excluding hydrogens is 366 g/mol. The van der Waals surface area contributed by atoms with Gasteiger partial charge in [0.05, 0.1) is 32.0 Å². The van der Waals surface area contributed by atoms with Gasteiger partial charge >= 0.3 is 0 Å². The Balaban J connectivity index is 1.59. The summed E-state index contributed by atoms with van der Waals surface area (Å²) < 4.78 is 10.4. The molecule has 140 valence electrons. The van der Waals surface area contributed by atoms with Crippen molar-refractivity contribution in [2.24, 2.45) is 0 Å². The van der Waals surface area contributed by atoms with Crippen LogP contribution in [0.5, 0.6) is 5.75 Å². The number of H-pyrrole nitrogens is 1.